The molecule has 0 heterocycles. The molecule has 0 aromatic heterocycles. The van der Waals surface area contributed by atoms with Gasteiger partial charge in [0.2, 0.25) is 0 Å². The molecular weight excluding hydrogens is 336 g/mol. The first-order valence-corrected chi connectivity index (χ1v) is 9.75. The number of benzene rings is 1. The van der Waals surface area contributed by atoms with Crippen molar-refractivity contribution in [1.29, 1.82) is 0 Å². The van der Waals surface area contributed by atoms with Crippen molar-refractivity contribution in [1.82, 2.24) is 0 Å². The first-order valence-electron chi connectivity index (χ1n) is 9.21. The highest BCUT2D eigenvalue weighted by atomic mass is 35.5. The highest BCUT2D eigenvalue weighted by Crippen LogP contribution is 2.60. The lowest BCUT2D eigenvalue weighted by atomic mass is 9.50. The molecule has 0 spiro atoms. The molecule has 4 nitrogen and oxygen atoms in total. The third-order valence-electron chi connectivity index (χ3n) is 6.17. The van der Waals surface area contributed by atoms with Crippen LogP contribution >= 0.6 is 11.6 Å². The normalized spacial score (nSPS) is 33.5. The topological polar surface area (TPSA) is 64.7 Å². The van der Waals surface area contributed by atoms with Gasteiger partial charge in [0.25, 0.3) is 0 Å². The average Bonchev–Trinajstić information content (AvgIpc) is 2.58. The Morgan fingerprint density at radius 2 is 1.84 bits per heavy atom. The van der Waals surface area contributed by atoms with E-state index in [0.717, 1.165) is 17.8 Å². The molecule has 1 aromatic rings. The van der Waals surface area contributed by atoms with Gasteiger partial charge in [0.1, 0.15) is 5.84 Å². The monoisotopic (exact) mass is 360 g/mol. The number of hydrogen-bond donors (Lipinski definition) is 1. The van der Waals surface area contributed by atoms with Crippen molar-refractivity contribution in [3.8, 4) is 0 Å². The Hall–Kier alpha value is -1.55. The second-order valence-electron chi connectivity index (χ2n) is 8.28. The third kappa shape index (κ3) is 3.55. The first kappa shape index (κ1) is 16.9. The number of carbonyl (C=O) groups is 1. The summed E-state index contributed by atoms with van der Waals surface area (Å²) in [6.07, 6.45) is 7.91. The van der Waals surface area contributed by atoms with Crippen molar-refractivity contribution in [2.75, 3.05) is 12.5 Å². The molecule has 4 fully saturated rings. The van der Waals surface area contributed by atoms with E-state index >= 15 is 0 Å². The largest absolute Gasteiger partial charge is 0.462 e. The third-order valence-corrected chi connectivity index (χ3v) is 6.44. The second kappa shape index (κ2) is 6.64. The Kier molecular flexibility index (Phi) is 4.48. The lowest BCUT2D eigenvalue weighted by Gasteiger charge is -2.56. The zero-order valence-electron chi connectivity index (χ0n) is 14.4. The summed E-state index contributed by atoms with van der Waals surface area (Å²) in [7, 11) is 0. The molecule has 0 radical (unpaired) electrons. The number of alkyl halides is 1. The molecule has 25 heavy (non-hydrogen) atoms. The number of aliphatic imine (C=N–C) groups is 1. The fraction of sp³-hybridized carbons (Fsp3) is 0.600. The summed E-state index contributed by atoms with van der Waals surface area (Å²) in [4.78, 5) is 16.7. The zero-order chi connectivity index (χ0) is 17.4. The van der Waals surface area contributed by atoms with Crippen LogP contribution in [0.5, 0.6) is 0 Å². The van der Waals surface area contributed by atoms with E-state index in [1.54, 1.807) is 24.3 Å². The number of ether oxygens (including phenoxy) is 1. The molecule has 134 valence electrons. The Balaban J connectivity index is 1.42. The van der Waals surface area contributed by atoms with Crippen LogP contribution in [-0.4, -0.2) is 24.3 Å². The van der Waals surface area contributed by atoms with Gasteiger partial charge < -0.3 is 10.5 Å². The lowest BCUT2D eigenvalue weighted by Crippen LogP contribution is -2.48. The maximum absolute atomic E-state index is 12.5. The zero-order valence-corrected chi connectivity index (χ0v) is 15.2. The summed E-state index contributed by atoms with van der Waals surface area (Å²) < 4.78 is 5.75. The molecule has 0 aliphatic heterocycles. The van der Waals surface area contributed by atoms with Gasteiger partial charge >= 0.3 is 5.97 Å². The number of amidine groups is 1. The van der Waals surface area contributed by atoms with Crippen molar-refractivity contribution in [3.63, 3.8) is 0 Å². The van der Waals surface area contributed by atoms with Crippen molar-refractivity contribution >= 4 is 29.1 Å². The summed E-state index contributed by atoms with van der Waals surface area (Å²) in [6.45, 7) is 0.562. The van der Waals surface area contributed by atoms with E-state index in [9.17, 15) is 4.79 Å². The van der Waals surface area contributed by atoms with Gasteiger partial charge in [-0.3, -0.25) is 0 Å². The van der Waals surface area contributed by atoms with E-state index in [0.29, 0.717) is 23.7 Å². The van der Waals surface area contributed by atoms with Gasteiger partial charge in [-0.05, 0) is 74.5 Å². The number of rotatable bonds is 5. The SMILES string of the molecule is NC(CCl)=Nc1cccc(C(=O)OCC23CC4CC(CC(C4)C2)C3)c1. The molecule has 5 rings (SSSR count). The molecule has 0 atom stereocenters. The number of hydrogen-bond acceptors (Lipinski definition) is 3. The fourth-order valence-corrected chi connectivity index (χ4v) is 5.73. The predicted octanol–water partition coefficient (Wildman–Crippen LogP) is 4.29. The van der Waals surface area contributed by atoms with Gasteiger partial charge in [0.15, 0.2) is 0 Å². The van der Waals surface area contributed by atoms with Crippen LogP contribution < -0.4 is 5.73 Å². The first-order chi connectivity index (χ1) is 12.0. The summed E-state index contributed by atoms with van der Waals surface area (Å²) in [5.74, 6) is 2.82. The van der Waals surface area contributed by atoms with E-state index in [1.165, 1.54) is 38.5 Å². The van der Waals surface area contributed by atoms with Crippen LogP contribution in [0.25, 0.3) is 0 Å². The molecular formula is C20H25ClN2O2. The van der Waals surface area contributed by atoms with E-state index in [1.807, 2.05) is 0 Å². The Bertz CT molecular complexity index is 665. The summed E-state index contributed by atoms with van der Waals surface area (Å²) >= 11 is 5.66. The van der Waals surface area contributed by atoms with Gasteiger partial charge in [0, 0.05) is 5.41 Å². The number of nitrogens with zero attached hydrogens (tertiary/aromatic N) is 1. The van der Waals surface area contributed by atoms with Crippen LogP contribution in [0.4, 0.5) is 5.69 Å². The smallest absolute Gasteiger partial charge is 0.338 e. The van der Waals surface area contributed by atoms with Crippen molar-refractivity contribution in [2.24, 2.45) is 33.9 Å². The van der Waals surface area contributed by atoms with Crippen LogP contribution in [0, 0.1) is 23.2 Å². The van der Waals surface area contributed by atoms with Crippen LogP contribution in [0.2, 0.25) is 0 Å². The number of nitrogens with two attached hydrogens (primary N) is 1. The molecule has 2 N–H and O–H groups in total. The van der Waals surface area contributed by atoms with Crippen molar-refractivity contribution in [3.05, 3.63) is 29.8 Å². The summed E-state index contributed by atoms with van der Waals surface area (Å²) in [5.41, 5.74) is 7.05. The van der Waals surface area contributed by atoms with Gasteiger partial charge in [-0.25, -0.2) is 9.79 Å². The Morgan fingerprint density at radius 1 is 1.20 bits per heavy atom. The average molecular weight is 361 g/mol. The molecule has 5 heteroatoms. The second-order valence-corrected chi connectivity index (χ2v) is 8.55. The number of halogens is 1. The Labute approximate surface area is 153 Å². The van der Waals surface area contributed by atoms with Gasteiger partial charge in [0.05, 0.1) is 23.7 Å². The van der Waals surface area contributed by atoms with Crippen molar-refractivity contribution in [2.45, 2.75) is 38.5 Å². The molecule has 0 amide bonds. The van der Waals surface area contributed by atoms with Gasteiger partial charge in [-0.15, -0.1) is 11.6 Å². The molecule has 4 aliphatic carbocycles. The highest BCUT2D eigenvalue weighted by Gasteiger charge is 2.51. The quantitative estimate of drug-likeness (QED) is 0.368. The van der Waals surface area contributed by atoms with Crippen LogP contribution in [0.1, 0.15) is 48.9 Å². The molecule has 1 aromatic carbocycles. The van der Waals surface area contributed by atoms with Gasteiger partial charge in [-0.1, -0.05) is 6.07 Å². The summed E-state index contributed by atoms with van der Waals surface area (Å²) in [5, 5.41) is 0. The number of carbonyl (C=O) groups excluding carboxylic acids is 1. The standard InChI is InChI=1S/C20H25ClN2O2/c21-11-18(22)23-17-3-1-2-16(7-17)19(24)25-12-20-8-13-4-14(9-20)6-15(5-13)10-20/h1-3,7,13-15H,4-6,8-12H2,(H2,22,23). The van der Waals surface area contributed by atoms with E-state index in [2.05, 4.69) is 4.99 Å². The van der Waals surface area contributed by atoms with Crippen LogP contribution in [0.15, 0.2) is 29.3 Å². The fourth-order valence-electron chi connectivity index (χ4n) is 5.67. The number of esters is 1. The molecule has 0 unspecified atom stereocenters. The minimum absolute atomic E-state index is 0.167. The van der Waals surface area contributed by atoms with E-state index in [-0.39, 0.29) is 17.3 Å². The highest BCUT2D eigenvalue weighted by molar-refractivity contribution is 6.28. The predicted molar refractivity (Wildman–Crippen MR) is 99.3 cm³/mol. The molecule has 0 saturated heterocycles. The molecule has 4 bridgehead atoms. The maximum atomic E-state index is 12.5. The van der Waals surface area contributed by atoms with E-state index < -0.39 is 0 Å². The summed E-state index contributed by atoms with van der Waals surface area (Å²) in [6, 6.07) is 7.07. The van der Waals surface area contributed by atoms with Crippen molar-refractivity contribution < 1.29 is 9.53 Å². The van der Waals surface area contributed by atoms with Crippen LogP contribution in [0.3, 0.4) is 0 Å². The molecule has 4 aliphatic rings. The van der Waals surface area contributed by atoms with Gasteiger partial charge in [-0.2, -0.15) is 0 Å². The van der Waals surface area contributed by atoms with Crippen LogP contribution in [-0.2, 0) is 4.74 Å². The Morgan fingerprint density at radius 3 is 2.44 bits per heavy atom. The molecule has 4 saturated carbocycles. The minimum Gasteiger partial charge on any atom is -0.462 e. The lowest BCUT2D eigenvalue weighted by molar-refractivity contribution is -0.0848. The minimum atomic E-state index is -0.266. The maximum Gasteiger partial charge on any atom is 0.338 e. The van der Waals surface area contributed by atoms with E-state index in [4.69, 9.17) is 22.1 Å².